The molecule has 0 aliphatic heterocycles. The molecule has 0 bridgehead atoms. The van der Waals surface area contributed by atoms with Gasteiger partial charge in [-0.25, -0.2) is 0 Å². The summed E-state index contributed by atoms with van der Waals surface area (Å²) < 4.78 is 0. The van der Waals surface area contributed by atoms with E-state index in [4.69, 9.17) is 5.73 Å². The van der Waals surface area contributed by atoms with Crippen LogP contribution in [0.25, 0.3) is 10.9 Å². The van der Waals surface area contributed by atoms with Crippen LogP contribution in [0.5, 0.6) is 0 Å². The van der Waals surface area contributed by atoms with Crippen molar-refractivity contribution in [3.05, 3.63) is 36.0 Å². The predicted octanol–water partition coefficient (Wildman–Crippen LogP) is 2.20. The van der Waals surface area contributed by atoms with Gasteiger partial charge in [-0.05, 0) is 25.0 Å². The van der Waals surface area contributed by atoms with Gasteiger partial charge < -0.3 is 16.0 Å². The second-order valence-electron chi connectivity index (χ2n) is 4.06. The molecule has 1 heterocycles. The van der Waals surface area contributed by atoms with Crippen molar-refractivity contribution in [2.24, 2.45) is 5.73 Å². The number of hydrogen-bond acceptors (Lipinski definition) is 2. The normalized spacial score (nSPS) is 11.6. The van der Waals surface area contributed by atoms with Crippen LogP contribution >= 0.6 is 0 Å². The van der Waals surface area contributed by atoms with Gasteiger partial charge in [0.05, 0.1) is 6.04 Å². The van der Waals surface area contributed by atoms with Gasteiger partial charge in [-0.2, -0.15) is 0 Å². The summed E-state index contributed by atoms with van der Waals surface area (Å²) in [4.78, 5) is 14.7. The van der Waals surface area contributed by atoms with Crippen LogP contribution in [0.15, 0.2) is 30.5 Å². The lowest BCUT2D eigenvalue weighted by Crippen LogP contribution is -2.41. The fourth-order valence-electron chi connectivity index (χ4n) is 1.94. The average molecular weight is 261 g/mol. The molecule has 1 aromatic heterocycles. The second kappa shape index (κ2) is 7.59. The van der Waals surface area contributed by atoms with E-state index in [1.54, 1.807) is 0 Å². The summed E-state index contributed by atoms with van der Waals surface area (Å²) in [6.45, 7) is 6.50. The SMILES string of the molecule is CC.CCNC(=O)[C@H](N)Cc1c[nH]c2ccccc12. The molecule has 2 aromatic rings. The number of carbonyl (C=O) groups is 1. The van der Waals surface area contributed by atoms with Crippen molar-refractivity contribution in [3.63, 3.8) is 0 Å². The number of hydrogen-bond donors (Lipinski definition) is 3. The van der Waals surface area contributed by atoms with Crippen LogP contribution in [0.3, 0.4) is 0 Å². The minimum atomic E-state index is -0.492. The summed E-state index contributed by atoms with van der Waals surface area (Å²) in [5.41, 5.74) is 8.02. The van der Waals surface area contributed by atoms with E-state index in [-0.39, 0.29) is 5.91 Å². The number of aromatic amines is 1. The monoisotopic (exact) mass is 261 g/mol. The number of fused-ring (bicyclic) bond motifs is 1. The van der Waals surface area contributed by atoms with Crippen LogP contribution in [-0.4, -0.2) is 23.5 Å². The van der Waals surface area contributed by atoms with Crippen molar-refractivity contribution in [1.29, 1.82) is 0 Å². The molecule has 19 heavy (non-hydrogen) atoms. The molecular weight excluding hydrogens is 238 g/mol. The zero-order valence-corrected chi connectivity index (χ0v) is 11.9. The third-order valence-electron chi connectivity index (χ3n) is 2.80. The van der Waals surface area contributed by atoms with Gasteiger partial charge in [0.15, 0.2) is 0 Å². The Balaban J connectivity index is 0.000000861. The molecule has 0 aliphatic carbocycles. The highest BCUT2D eigenvalue weighted by Gasteiger charge is 2.14. The molecule has 104 valence electrons. The number of aromatic nitrogens is 1. The largest absolute Gasteiger partial charge is 0.361 e. The Labute approximate surface area is 114 Å². The van der Waals surface area contributed by atoms with Crippen LogP contribution in [-0.2, 0) is 11.2 Å². The molecule has 0 unspecified atom stereocenters. The number of likely N-dealkylation sites (N-methyl/N-ethyl adjacent to an activating group) is 1. The molecule has 1 amide bonds. The molecule has 0 spiro atoms. The number of rotatable bonds is 4. The van der Waals surface area contributed by atoms with Gasteiger partial charge in [-0.3, -0.25) is 4.79 Å². The van der Waals surface area contributed by atoms with E-state index >= 15 is 0 Å². The highest BCUT2D eigenvalue weighted by Crippen LogP contribution is 2.18. The fourth-order valence-corrected chi connectivity index (χ4v) is 1.94. The van der Waals surface area contributed by atoms with Gasteiger partial charge >= 0.3 is 0 Å². The first-order chi connectivity index (χ1) is 9.22. The zero-order valence-electron chi connectivity index (χ0n) is 11.9. The molecule has 4 nitrogen and oxygen atoms in total. The molecule has 0 saturated heterocycles. The number of carbonyl (C=O) groups excluding carboxylic acids is 1. The first-order valence-electron chi connectivity index (χ1n) is 6.80. The van der Waals surface area contributed by atoms with Crippen LogP contribution in [0.4, 0.5) is 0 Å². The van der Waals surface area contributed by atoms with E-state index in [2.05, 4.69) is 10.3 Å². The van der Waals surface area contributed by atoms with E-state index in [1.807, 2.05) is 51.2 Å². The maximum absolute atomic E-state index is 11.6. The lowest BCUT2D eigenvalue weighted by atomic mass is 10.1. The number of amides is 1. The van der Waals surface area contributed by atoms with Crippen LogP contribution in [0.2, 0.25) is 0 Å². The van der Waals surface area contributed by atoms with Crippen molar-refractivity contribution in [2.75, 3.05) is 6.54 Å². The summed E-state index contributed by atoms with van der Waals surface area (Å²) in [7, 11) is 0. The second-order valence-corrected chi connectivity index (χ2v) is 4.06. The van der Waals surface area contributed by atoms with E-state index in [1.165, 1.54) is 0 Å². The first kappa shape index (κ1) is 15.2. The molecule has 4 heteroatoms. The van der Waals surface area contributed by atoms with Gasteiger partial charge in [0.25, 0.3) is 0 Å². The third kappa shape index (κ3) is 3.83. The Morgan fingerprint density at radius 2 is 2.05 bits per heavy atom. The molecule has 0 saturated carbocycles. The third-order valence-corrected chi connectivity index (χ3v) is 2.80. The van der Waals surface area contributed by atoms with Gasteiger partial charge in [0.1, 0.15) is 0 Å². The summed E-state index contributed by atoms with van der Waals surface area (Å²) in [5.74, 6) is -0.0993. The summed E-state index contributed by atoms with van der Waals surface area (Å²) in [5, 5.41) is 3.86. The Morgan fingerprint density at radius 3 is 2.74 bits per heavy atom. The Kier molecular flexibility index (Phi) is 6.09. The lowest BCUT2D eigenvalue weighted by Gasteiger charge is -2.10. The summed E-state index contributed by atoms with van der Waals surface area (Å²) >= 11 is 0. The average Bonchev–Trinajstić information content (AvgIpc) is 2.85. The van der Waals surface area contributed by atoms with E-state index in [0.29, 0.717) is 13.0 Å². The lowest BCUT2D eigenvalue weighted by molar-refractivity contribution is -0.122. The molecule has 0 aliphatic rings. The number of benzene rings is 1. The van der Waals surface area contributed by atoms with E-state index in [0.717, 1.165) is 16.5 Å². The van der Waals surface area contributed by atoms with Crippen molar-refractivity contribution in [3.8, 4) is 0 Å². The van der Waals surface area contributed by atoms with E-state index in [9.17, 15) is 4.79 Å². The van der Waals surface area contributed by atoms with E-state index < -0.39 is 6.04 Å². The minimum Gasteiger partial charge on any atom is -0.361 e. The molecule has 1 atom stereocenters. The van der Waals surface area contributed by atoms with Crippen molar-refractivity contribution in [1.82, 2.24) is 10.3 Å². The first-order valence-corrected chi connectivity index (χ1v) is 6.80. The van der Waals surface area contributed by atoms with Crippen molar-refractivity contribution < 1.29 is 4.79 Å². The van der Waals surface area contributed by atoms with Crippen molar-refractivity contribution in [2.45, 2.75) is 33.2 Å². The van der Waals surface area contributed by atoms with Gasteiger partial charge in [0, 0.05) is 23.6 Å². The van der Waals surface area contributed by atoms with Crippen LogP contribution in [0, 0.1) is 0 Å². The van der Waals surface area contributed by atoms with Gasteiger partial charge in [0.2, 0.25) is 5.91 Å². The smallest absolute Gasteiger partial charge is 0.237 e. The fraction of sp³-hybridized carbons (Fsp3) is 0.400. The van der Waals surface area contributed by atoms with Crippen LogP contribution in [0.1, 0.15) is 26.3 Å². The van der Waals surface area contributed by atoms with Gasteiger partial charge in [-0.1, -0.05) is 32.0 Å². The Hall–Kier alpha value is -1.81. The maximum Gasteiger partial charge on any atom is 0.237 e. The molecule has 2 rings (SSSR count). The molecule has 4 N–H and O–H groups in total. The Morgan fingerprint density at radius 1 is 1.37 bits per heavy atom. The summed E-state index contributed by atoms with van der Waals surface area (Å²) in [6, 6.07) is 7.51. The maximum atomic E-state index is 11.6. The standard InChI is InChI=1S/C13H17N3O.C2H6/c1-2-15-13(17)11(14)7-9-8-16-12-6-4-3-5-10(9)12;1-2/h3-6,8,11,16H,2,7,14H2,1H3,(H,15,17);1-2H3/t11-;/m1./s1. The van der Waals surface area contributed by atoms with Gasteiger partial charge in [-0.15, -0.1) is 0 Å². The highest BCUT2D eigenvalue weighted by atomic mass is 16.2. The highest BCUT2D eigenvalue weighted by molar-refractivity contribution is 5.86. The number of nitrogens with one attached hydrogen (secondary N) is 2. The topological polar surface area (TPSA) is 70.9 Å². The zero-order chi connectivity index (χ0) is 14.3. The molecule has 0 radical (unpaired) electrons. The number of nitrogens with two attached hydrogens (primary N) is 1. The number of para-hydroxylation sites is 1. The predicted molar refractivity (Wildman–Crippen MR) is 80.0 cm³/mol. The van der Waals surface area contributed by atoms with Crippen molar-refractivity contribution >= 4 is 16.8 Å². The quantitative estimate of drug-likeness (QED) is 0.789. The molecular formula is C15H23N3O. The minimum absolute atomic E-state index is 0.0993. The van der Waals surface area contributed by atoms with Crippen LogP contribution < -0.4 is 11.1 Å². The summed E-state index contributed by atoms with van der Waals surface area (Å²) in [6.07, 6.45) is 2.47. The Bertz CT molecular complexity index is 519. The molecule has 0 fully saturated rings. The number of H-pyrrole nitrogens is 1. The molecule has 1 aromatic carbocycles.